The number of nitrogens with two attached hydrogens (primary N) is 1. The van der Waals surface area contributed by atoms with Crippen molar-refractivity contribution in [2.45, 2.75) is 380 Å². The average Bonchev–Trinajstić information content (AvgIpc) is 2.64. The Balaban J connectivity index is 3.81. The number of allylic oxidation sites excluding steroid dienone is 20. The van der Waals surface area contributed by atoms with Crippen molar-refractivity contribution in [3.05, 3.63) is 122 Å². The number of unbranched alkanes of at least 4 members (excludes halogenated alkanes) is 42. The zero-order valence-corrected chi connectivity index (χ0v) is 62.8. The zero-order valence-electron chi connectivity index (χ0n) is 61.9. The minimum Gasteiger partial charge on any atom is -0.462 e. The van der Waals surface area contributed by atoms with Crippen LogP contribution in [0, 0.1) is 0 Å². The average molecular weight is 1350 g/mol. The summed E-state index contributed by atoms with van der Waals surface area (Å²) in [7, 11) is -4.40. The molecule has 0 aromatic heterocycles. The first-order valence-electron chi connectivity index (χ1n) is 40.0. The lowest BCUT2D eigenvalue weighted by Gasteiger charge is -2.19. The van der Waals surface area contributed by atoms with Gasteiger partial charge >= 0.3 is 19.8 Å². The van der Waals surface area contributed by atoms with Gasteiger partial charge in [0.2, 0.25) is 0 Å². The maximum Gasteiger partial charge on any atom is 0.472 e. The van der Waals surface area contributed by atoms with E-state index in [9.17, 15) is 19.0 Å². The Morgan fingerprint density at radius 2 is 0.579 bits per heavy atom. The lowest BCUT2D eigenvalue weighted by molar-refractivity contribution is -0.161. The molecule has 2 atom stereocenters. The lowest BCUT2D eigenvalue weighted by Crippen LogP contribution is -2.29. The SMILES string of the molecule is CC/C=C\C/C=C\C/C=C\C/C=C\C/C=C\C/C=C\C/C=C\CCCCCCCCCCCCCCCCCC(=O)OC(COC(=O)CCCCCCCCCCCCCCCCCCCCCCCC/C=C\C/C=C\C/C=C\CCCCCCC)COP(=O)(O)OCCN. The fourth-order valence-electron chi connectivity index (χ4n) is 11.5. The van der Waals surface area contributed by atoms with E-state index in [0.717, 1.165) is 96.3 Å². The lowest BCUT2D eigenvalue weighted by atomic mass is 10.0. The predicted molar refractivity (Wildman–Crippen MR) is 413 cm³/mol. The van der Waals surface area contributed by atoms with E-state index < -0.39 is 26.5 Å². The van der Waals surface area contributed by atoms with Crippen LogP contribution in [0.3, 0.4) is 0 Å². The first kappa shape index (κ1) is 91.4. The van der Waals surface area contributed by atoms with Crippen LogP contribution in [0.15, 0.2) is 122 Å². The second-order valence-electron chi connectivity index (χ2n) is 26.6. The summed E-state index contributed by atoms with van der Waals surface area (Å²) in [5, 5.41) is 0. The van der Waals surface area contributed by atoms with Gasteiger partial charge in [-0.25, -0.2) is 4.57 Å². The number of carbonyl (C=O) groups is 2. The Hall–Kier alpha value is -3.59. The summed E-state index contributed by atoms with van der Waals surface area (Å²) in [6.07, 6.45) is 112. The van der Waals surface area contributed by atoms with Crippen molar-refractivity contribution in [1.29, 1.82) is 0 Å². The molecule has 0 bridgehead atoms. The minimum absolute atomic E-state index is 0.0513. The molecule has 0 spiro atoms. The van der Waals surface area contributed by atoms with Gasteiger partial charge in [0.05, 0.1) is 13.2 Å². The molecule has 3 N–H and O–H groups in total. The molecule has 0 saturated carbocycles. The number of ether oxygens (including phenoxy) is 2. The largest absolute Gasteiger partial charge is 0.472 e. The molecule has 0 aromatic carbocycles. The molecule has 0 heterocycles. The van der Waals surface area contributed by atoms with E-state index in [1.807, 2.05) is 0 Å². The maximum atomic E-state index is 12.8. The van der Waals surface area contributed by atoms with E-state index in [-0.39, 0.29) is 38.6 Å². The van der Waals surface area contributed by atoms with Gasteiger partial charge in [-0.1, -0.05) is 373 Å². The van der Waals surface area contributed by atoms with Crippen molar-refractivity contribution >= 4 is 19.8 Å². The first-order chi connectivity index (χ1) is 46.8. The monoisotopic (exact) mass is 1340 g/mol. The Labute approximate surface area is 587 Å². The molecule has 95 heavy (non-hydrogen) atoms. The summed E-state index contributed by atoms with van der Waals surface area (Å²) in [5.74, 6) is -0.815. The minimum atomic E-state index is -4.40. The maximum absolute atomic E-state index is 12.8. The van der Waals surface area contributed by atoms with Crippen molar-refractivity contribution in [1.82, 2.24) is 0 Å². The molecule has 0 rings (SSSR count). The molecule has 2 unspecified atom stereocenters. The number of rotatable bonds is 75. The Kier molecular flexibility index (Phi) is 76.4. The van der Waals surface area contributed by atoms with E-state index in [0.29, 0.717) is 6.42 Å². The topological polar surface area (TPSA) is 134 Å². The van der Waals surface area contributed by atoms with E-state index in [1.54, 1.807) is 0 Å². The van der Waals surface area contributed by atoms with Gasteiger partial charge in [-0.2, -0.15) is 0 Å². The molecule has 548 valence electrons. The second kappa shape index (κ2) is 79.4. The van der Waals surface area contributed by atoms with Crippen molar-refractivity contribution in [2.75, 3.05) is 26.4 Å². The predicted octanol–water partition coefficient (Wildman–Crippen LogP) is 27.0. The third-order valence-electron chi connectivity index (χ3n) is 17.3. The molecule has 0 aliphatic rings. The Bertz CT molecular complexity index is 1980. The van der Waals surface area contributed by atoms with Gasteiger partial charge in [0.1, 0.15) is 6.61 Å². The van der Waals surface area contributed by atoms with Crippen LogP contribution in [0.2, 0.25) is 0 Å². The fraction of sp³-hybridized carbons (Fsp3) is 0.741. The number of carbonyl (C=O) groups excluding carboxylic acids is 2. The summed E-state index contributed by atoms with van der Waals surface area (Å²) in [4.78, 5) is 35.5. The number of esters is 2. The van der Waals surface area contributed by atoms with E-state index in [2.05, 4.69) is 135 Å². The molecule has 9 nitrogen and oxygen atoms in total. The molecule has 0 fully saturated rings. The quantitative estimate of drug-likeness (QED) is 0.0264. The van der Waals surface area contributed by atoms with Crippen molar-refractivity contribution in [2.24, 2.45) is 5.73 Å². The Morgan fingerprint density at radius 3 is 0.863 bits per heavy atom. The molecule has 10 heteroatoms. The van der Waals surface area contributed by atoms with Gasteiger partial charge in [0.15, 0.2) is 6.10 Å². The van der Waals surface area contributed by atoms with Gasteiger partial charge in [-0.15, -0.1) is 0 Å². The summed E-state index contributed by atoms with van der Waals surface area (Å²) in [5.41, 5.74) is 5.42. The highest BCUT2D eigenvalue weighted by Crippen LogP contribution is 2.43. The van der Waals surface area contributed by atoms with Gasteiger partial charge in [0.25, 0.3) is 0 Å². The van der Waals surface area contributed by atoms with Crippen LogP contribution >= 0.6 is 7.82 Å². The molecule has 0 aliphatic carbocycles. The standard InChI is InChI=1S/C85H150NO8P/c1-3-5-7-9-11-13-15-17-19-21-23-25-27-29-31-33-35-37-39-41-43-45-47-49-51-53-55-57-59-61-63-65-67-69-71-73-75-77-84(87)91-81-83(82-93-95(89,90)92-80-79-86)94-85(88)78-76-74-72-70-68-66-64-62-60-58-56-54-52-50-48-46-44-42-40-38-36-34-32-30-28-26-24-22-20-18-16-14-12-10-8-6-4-2/h6,8,12,14-15,17-18,20-21,23-24,26-27,29-30,32,36,38,42,44,83H,3-5,7,9-11,13,16,19,22,25,28,31,33-35,37,39-41,43,45-82,86H2,1-2H3,(H,89,90)/b8-6-,14-12-,17-15-,20-18-,23-21-,26-24-,29-27-,32-30-,38-36-,44-42-. The van der Waals surface area contributed by atoms with Crippen LogP contribution in [0.5, 0.6) is 0 Å². The van der Waals surface area contributed by atoms with Crippen LogP contribution in [0.4, 0.5) is 0 Å². The molecule has 0 aliphatic heterocycles. The van der Waals surface area contributed by atoms with Crippen LogP contribution in [0.1, 0.15) is 373 Å². The highest BCUT2D eigenvalue weighted by Gasteiger charge is 2.26. The fourth-order valence-corrected chi connectivity index (χ4v) is 12.2. The van der Waals surface area contributed by atoms with E-state index in [1.165, 1.54) is 244 Å². The summed E-state index contributed by atoms with van der Waals surface area (Å²) in [6, 6.07) is 0. The van der Waals surface area contributed by atoms with Crippen LogP contribution in [-0.4, -0.2) is 49.3 Å². The smallest absolute Gasteiger partial charge is 0.462 e. The highest BCUT2D eigenvalue weighted by molar-refractivity contribution is 7.47. The molecule has 0 aromatic rings. The number of hydrogen-bond donors (Lipinski definition) is 2. The Morgan fingerprint density at radius 1 is 0.326 bits per heavy atom. The summed E-state index contributed by atoms with van der Waals surface area (Å²) in [6.45, 7) is 3.66. The van der Waals surface area contributed by atoms with E-state index >= 15 is 0 Å². The first-order valence-corrected chi connectivity index (χ1v) is 41.5. The molecular weight excluding hydrogens is 1190 g/mol. The zero-order chi connectivity index (χ0) is 68.6. The van der Waals surface area contributed by atoms with Gasteiger partial charge in [-0.3, -0.25) is 18.6 Å². The number of phosphoric ester groups is 1. The van der Waals surface area contributed by atoms with Gasteiger partial charge < -0.3 is 20.1 Å². The molecule has 0 amide bonds. The van der Waals surface area contributed by atoms with Crippen LogP contribution < -0.4 is 5.73 Å². The molecule has 0 radical (unpaired) electrons. The number of phosphoric acid groups is 1. The molecular formula is C85H150NO8P. The second-order valence-corrected chi connectivity index (χ2v) is 28.0. The molecule has 0 saturated heterocycles. The van der Waals surface area contributed by atoms with Crippen molar-refractivity contribution in [3.8, 4) is 0 Å². The highest BCUT2D eigenvalue weighted by atomic mass is 31.2. The third-order valence-corrected chi connectivity index (χ3v) is 18.3. The van der Waals surface area contributed by atoms with Gasteiger partial charge in [0, 0.05) is 19.4 Å². The van der Waals surface area contributed by atoms with Gasteiger partial charge in [-0.05, 0) is 109 Å². The summed E-state index contributed by atoms with van der Waals surface area (Å²) < 4.78 is 33.3. The third kappa shape index (κ3) is 79.3. The summed E-state index contributed by atoms with van der Waals surface area (Å²) >= 11 is 0. The van der Waals surface area contributed by atoms with Crippen molar-refractivity contribution < 1.29 is 37.6 Å². The van der Waals surface area contributed by atoms with Crippen LogP contribution in [-0.2, 0) is 32.7 Å². The van der Waals surface area contributed by atoms with Crippen molar-refractivity contribution in [3.63, 3.8) is 0 Å². The van der Waals surface area contributed by atoms with E-state index in [4.69, 9.17) is 24.3 Å². The number of hydrogen-bond acceptors (Lipinski definition) is 8. The normalized spacial score (nSPS) is 13.5. The van der Waals surface area contributed by atoms with Crippen LogP contribution in [0.25, 0.3) is 0 Å².